The normalized spacial score (nSPS) is 20.2. The second-order valence-corrected chi connectivity index (χ2v) is 7.19. The van der Waals surface area contributed by atoms with Crippen LogP contribution in [0.2, 0.25) is 0 Å². The Hall–Kier alpha value is -2.34. The highest BCUT2D eigenvalue weighted by atomic mass is 16.5. The maximum atomic E-state index is 12.2. The number of carbonyl (C=O) groups is 1. The summed E-state index contributed by atoms with van der Waals surface area (Å²) in [4.78, 5) is 14.5. The molecule has 1 aromatic heterocycles. The van der Waals surface area contributed by atoms with Gasteiger partial charge in [0.25, 0.3) is 5.91 Å². The van der Waals surface area contributed by atoms with E-state index in [0.717, 1.165) is 36.8 Å². The van der Waals surface area contributed by atoms with Gasteiger partial charge in [0, 0.05) is 30.9 Å². The Balaban J connectivity index is 1.48. The van der Waals surface area contributed by atoms with Crippen LogP contribution in [0.1, 0.15) is 25.7 Å². The first kappa shape index (κ1) is 18.5. The number of rotatable bonds is 6. The fraction of sp³-hybridized carbons (Fsp3) is 0.500. The van der Waals surface area contributed by atoms with Gasteiger partial charge in [-0.25, -0.2) is 0 Å². The van der Waals surface area contributed by atoms with Gasteiger partial charge in [-0.1, -0.05) is 0 Å². The lowest BCUT2D eigenvalue weighted by atomic mass is 9.90. The third kappa shape index (κ3) is 4.85. The van der Waals surface area contributed by atoms with Crippen LogP contribution in [-0.2, 0) is 11.8 Å². The lowest BCUT2D eigenvalue weighted by Gasteiger charge is -2.32. The first-order chi connectivity index (χ1) is 12.5. The minimum absolute atomic E-state index is 0.0257. The zero-order valence-corrected chi connectivity index (χ0v) is 15.7. The number of ether oxygens (including phenoxy) is 1. The Morgan fingerprint density at radius 2 is 2.08 bits per heavy atom. The number of amides is 1. The maximum Gasteiger partial charge on any atom is 0.258 e. The van der Waals surface area contributed by atoms with Gasteiger partial charge in [-0.3, -0.25) is 9.48 Å². The third-order valence-corrected chi connectivity index (χ3v) is 4.96. The molecule has 139 valence electrons. The Morgan fingerprint density at radius 1 is 1.31 bits per heavy atom. The molecule has 6 heteroatoms. The van der Waals surface area contributed by atoms with E-state index in [9.17, 15) is 4.79 Å². The van der Waals surface area contributed by atoms with E-state index in [2.05, 4.69) is 35.5 Å². The summed E-state index contributed by atoms with van der Waals surface area (Å²) in [6.45, 7) is 0.0257. The summed E-state index contributed by atoms with van der Waals surface area (Å²) in [5, 5.41) is 7.27. The van der Waals surface area contributed by atoms with Gasteiger partial charge in [0.15, 0.2) is 6.61 Å². The molecular formula is C20H27N4O2. The lowest BCUT2D eigenvalue weighted by Crippen LogP contribution is -2.43. The summed E-state index contributed by atoms with van der Waals surface area (Å²) in [5.41, 5.74) is 1.97. The molecule has 0 atom stereocenters. The van der Waals surface area contributed by atoms with Crippen LogP contribution in [0.4, 0.5) is 0 Å². The second kappa shape index (κ2) is 8.36. The Bertz CT molecular complexity index is 733. The molecule has 1 heterocycles. The number of hydrogen-bond acceptors (Lipinski definition) is 4. The molecular weight excluding hydrogens is 328 g/mol. The standard InChI is InChI=1S/C20H27N4O2/c1-23(2)18-9-7-17(8-10-18)22-20(25)14-26-19-6-4-5-15(11-19)16-12-21-24(3)13-16/h5-6,11-13,17-18H,7-10,14H2,1-3H3,(H,22,25). The molecule has 26 heavy (non-hydrogen) atoms. The van der Waals surface area contributed by atoms with E-state index in [1.165, 1.54) is 0 Å². The van der Waals surface area contributed by atoms with Gasteiger partial charge in [-0.15, -0.1) is 0 Å². The van der Waals surface area contributed by atoms with Crippen LogP contribution in [0.25, 0.3) is 11.1 Å². The van der Waals surface area contributed by atoms with Crippen molar-refractivity contribution >= 4 is 5.91 Å². The highest BCUT2D eigenvalue weighted by molar-refractivity contribution is 5.78. The van der Waals surface area contributed by atoms with Gasteiger partial charge < -0.3 is 15.0 Å². The largest absolute Gasteiger partial charge is 0.484 e. The molecule has 0 bridgehead atoms. The molecule has 6 nitrogen and oxygen atoms in total. The number of carbonyl (C=O) groups excluding carboxylic acids is 1. The predicted molar refractivity (Wildman–Crippen MR) is 101 cm³/mol. The highest BCUT2D eigenvalue weighted by Gasteiger charge is 2.23. The topological polar surface area (TPSA) is 59.4 Å². The van der Waals surface area contributed by atoms with Gasteiger partial charge >= 0.3 is 0 Å². The van der Waals surface area contributed by atoms with Crippen LogP contribution in [0.15, 0.2) is 30.6 Å². The molecule has 0 saturated heterocycles. The first-order valence-corrected chi connectivity index (χ1v) is 9.10. The summed E-state index contributed by atoms with van der Waals surface area (Å²) in [5.74, 6) is 0.572. The molecule has 0 aliphatic heterocycles. The molecule has 1 radical (unpaired) electrons. The molecule has 1 saturated carbocycles. The molecule has 1 N–H and O–H groups in total. The van der Waals surface area contributed by atoms with Gasteiger partial charge in [0.05, 0.1) is 6.20 Å². The number of nitrogens with zero attached hydrogens (tertiary/aromatic N) is 3. The minimum atomic E-state index is -0.0647. The van der Waals surface area contributed by atoms with Gasteiger partial charge in [-0.05, 0) is 69.6 Å². The van der Waals surface area contributed by atoms with Crippen molar-refractivity contribution < 1.29 is 9.53 Å². The number of hydrogen-bond donors (Lipinski definition) is 1. The molecule has 1 aliphatic rings. The fourth-order valence-corrected chi connectivity index (χ4v) is 3.43. The van der Waals surface area contributed by atoms with Crippen molar-refractivity contribution in [2.24, 2.45) is 7.05 Å². The van der Waals surface area contributed by atoms with Crippen LogP contribution < -0.4 is 10.1 Å². The lowest BCUT2D eigenvalue weighted by molar-refractivity contribution is -0.124. The smallest absolute Gasteiger partial charge is 0.258 e. The molecule has 1 aromatic carbocycles. The SMILES string of the molecule is CN(C)C1CCC(NC(=O)COc2c[c]cc(-c3cnn(C)c3)c2)CC1. The quantitative estimate of drug-likeness (QED) is 0.863. The average Bonchev–Trinajstić information content (AvgIpc) is 3.07. The molecule has 1 fully saturated rings. The fourth-order valence-electron chi connectivity index (χ4n) is 3.43. The molecule has 0 unspecified atom stereocenters. The van der Waals surface area contributed by atoms with Crippen LogP contribution in [0.3, 0.4) is 0 Å². The van der Waals surface area contributed by atoms with E-state index < -0.39 is 0 Å². The summed E-state index contributed by atoms with van der Waals surface area (Å²) in [6, 6.07) is 9.48. The first-order valence-electron chi connectivity index (χ1n) is 9.10. The zero-order chi connectivity index (χ0) is 18.5. The summed E-state index contributed by atoms with van der Waals surface area (Å²) in [7, 11) is 6.12. The van der Waals surface area contributed by atoms with Crippen molar-refractivity contribution in [2.45, 2.75) is 37.8 Å². The van der Waals surface area contributed by atoms with Crippen molar-refractivity contribution in [3.8, 4) is 16.9 Å². The predicted octanol–water partition coefficient (Wildman–Crippen LogP) is 2.26. The van der Waals surface area contributed by atoms with E-state index >= 15 is 0 Å². The van der Waals surface area contributed by atoms with E-state index in [1.807, 2.05) is 25.4 Å². The molecule has 1 amide bonds. The van der Waals surface area contributed by atoms with Crippen LogP contribution in [0.5, 0.6) is 5.75 Å². The average molecular weight is 355 g/mol. The summed E-state index contributed by atoms with van der Waals surface area (Å²) in [6.07, 6.45) is 8.03. The van der Waals surface area contributed by atoms with Gasteiger partial charge in [0.1, 0.15) is 5.75 Å². The molecule has 0 spiro atoms. The number of nitrogens with one attached hydrogen (secondary N) is 1. The van der Waals surface area contributed by atoms with Crippen molar-refractivity contribution in [1.82, 2.24) is 20.0 Å². The Morgan fingerprint density at radius 3 is 2.73 bits per heavy atom. The van der Waals surface area contributed by atoms with Crippen LogP contribution in [-0.4, -0.2) is 53.4 Å². The molecule has 1 aliphatic carbocycles. The summed E-state index contributed by atoms with van der Waals surface area (Å²) >= 11 is 0. The van der Waals surface area contributed by atoms with E-state index in [0.29, 0.717) is 11.8 Å². The summed E-state index contributed by atoms with van der Waals surface area (Å²) < 4.78 is 7.41. The van der Waals surface area contributed by atoms with E-state index in [4.69, 9.17) is 4.74 Å². The van der Waals surface area contributed by atoms with Crippen LogP contribution in [0, 0.1) is 6.07 Å². The number of aromatic nitrogens is 2. The van der Waals surface area contributed by atoms with Gasteiger partial charge in [0.2, 0.25) is 0 Å². The molecule has 2 aromatic rings. The van der Waals surface area contributed by atoms with Crippen molar-refractivity contribution in [1.29, 1.82) is 0 Å². The number of aryl methyl sites for hydroxylation is 1. The van der Waals surface area contributed by atoms with Crippen molar-refractivity contribution in [2.75, 3.05) is 20.7 Å². The minimum Gasteiger partial charge on any atom is -0.484 e. The van der Waals surface area contributed by atoms with E-state index in [-0.39, 0.29) is 18.6 Å². The van der Waals surface area contributed by atoms with E-state index in [1.54, 1.807) is 16.9 Å². The highest BCUT2D eigenvalue weighted by Crippen LogP contribution is 2.23. The van der Waals surface area contributed by atoms with Gasteiger partial charge in [-0.2, -0.15) is 5.10 Å². The monoisotopic (exact) mass is 355 g/mol. The maximum absolute atomic E-state index is 12.2. The third-order valence-electron chi connectivity index (χ3n) is 4.96. The van der Waals surface area contributed by atoms with Crippen molar-refractivity contribution in [3.05, 3.63) is 36.7 Å². The van der Waals surface area contributed by atoms with Crippen LogP contribution >= 0.6 is 0 Å². The second-order valence-electron chi connectivity index (χ2n) is 7.19. The van der Waals surface area contributed by atoms with Crippen molar-refractivity contribution in [3.63, 3.8) is 0 Å². The zero-order valence-electron chi connectivity index (χ0n) is 15.7. The number of benzene rings is 1. The Labute approximate surface area is 155 Å². The Kier molecular flexibility index (Phi) is 5.93. The molecule has 3 rings (SSSR count).